The SMILES string of the molecule is CC(C)C[C@@H](C)C[C@H](C)O. The fraction of sp³-hybridized carbons (Fsp3) is 1.00. The van der Waals surface area contributed by atoms with Crippen LogP contribution in [0.25, 0.3) is 0 Å². The summed E-state index contributed by atoms with van der Waals surface area (Å²) < 4.78 is 0. The number of aliphatic hydroxyl groups is 1. The highest BCUT2D eigenvalue weighted by atomic mass is 16.3. The lowest BCUT2D eigenvalue weighted by Gasteiger charge is -2.14. The molecule has 0 aromatic heterocycles. The van der Waals surface area contributed by atoms with Crippen LogP contribution in [0, 0.1) is 11.8 Å². The van der Waals surface area contributed by atoms with Crippen molar-refractivity contribution in [2.75, 3.05) is 0 Å². The molecule has 0 amide bonds. The first-order valence-electron chi connectivity index (χ1n) is 4.20. The van der Waals surface area contributed by atoms with Crippen molar-refractivity contribution < 1.29 is 5.11 Å². The van der Waals surface area contributed by atoms with E-state index in [-0.39, 0.29) is 6.10 Å². The van der Waals surface area contributed by atoms with Gasteiger partial charge < -0.3 is 5.11 Å². The van der Waals surface area contributed by atoms with Crippen molar-refractivity contribution in [3.63, 3.8) is 0 Å². The van der Waals surface area contributed by atoms with Crippen LogP contribution in [0.1, 0.15) is 40.5 Å². The molecule has 1 nitrogen and oxygen atoms in total. The fourth-order valence-electron chi connectivity index (χ4n) is 1.48. The Labute approximate surface area is 64.5 Å². The van der Waals surface area contributed by atoms with Gasteiger partial charge in [-0.05, 0) is 31.6 Å². The van der Waals surface area contributed by atoms with E-state index in [4.69, 9.17) is 5.11 Å². The number of hydrogen-bond acceptors (Lipinski definition) is 1. The average molecular weight is 144 g/mol. The summed E-state index contributed by atoms with van der Waals surface area (Å²) in [6, 6.07) is 0. The van der Waals surface area contributed by atoms with E-state index in [0.29, 0.717) is 5.92 Å². The lowest BCUT2D eigenvalue weighted by molar-refractivity contribution is 0.158. The van der Waals surface area contributed by atoms with E-state index in [1.54, 1.807) is 0 Å². The molecule has 0 aliphatic carbocycles. The van der Waals surface area contributed by atoms with Crippen molar-refractivity contribution in [1.82, 2.24) is 0 Å². The maximum atomic E-state index is 9.04. The van der Waals surface area contributed by atoms with Crippen molar-refractivity contribution >= 4 is 0 Å². The Hall–Kier alpha value is -0.0400. The fourth-order valence-corrected chi connectivity index (χ4v) is 1.48. The highest BCUT2D eigenvalue weighted by Gasteiger charge is 2.07. The van der Waals surface area contributed by atoms with Crippen molar-refractivity contribution in [3.8, 4) is 0 Å². The molecule has 0 saturated heterocycles. The number of hydrogen-bond donors (Lipinski definition) is 1. The highest BCUT2D eigenvalue weighted by molar-refractivity contribution is 4.59. The molecule has 1 N–H and O–H groups in total. The Morgan fingerprint density at radius 1 is 1.00 bits per heavy atom. The maximum absolute atomic E-state index is 9.04. The smallest absolute Gasteiger partial charge is 0.0514 e. The van der Waals surface area contributed by atoms with Crippen LogP contribution in [0.2, 0.25) is 0 Å². The van der Waals surface area contributed by atoms with E-state index >= 15 is 0 Å². The van der Waals surface area contributed by atoms with E-state index in [2.05, 4.69) is 20.8 Å². The van der Waals surface area contributed by atoms with Gasteiger partial charge >= 0.3 is 0 Å². The molecule has 2 atom stereocenters. The maximum Gasteiger partial charge on any atom is 0.0514 e. The average Bonchev–Trinajstić information content (AvgIpc) is 1.58. The van der Waals surface area contributed by atoms with Gasteiger partial charge in [-0.3, -0.25) is 0 Å². The van der Waals surface area contributed by atoms with Crippen molar-refractivity contribution in [1.29, 1.82) is 0 Å². The van der Waals surface area contributed by atoms with E-state index < -0.39 is 0 Å². The third-order valence-electron chi connectivity index (χ3n) is 1.62. The summed E-state index contributed by atoms with van der Waals surface area (Å²) in [5, 5.41) is 9.04. The van der Waals surface area contributed by atoms with Gasteiger partial charge in [0.1, 0.15) is 0 Å². The molecular weight excluding hydrogens is 124 g/mol. The van der Waals surface area contributed by atoms with E-state index in [9.17, 15) is 0 Å². The van der Waals surface area contributed by atoms with Gasteiger partial charge in [0.25, 0.3) is 0 Å². The van der Waals surface area contributed by atoms with Crippen LogP contribution in [0.5, 0.6) is 0 Å². The van der Waals surface area contributed by atoms with Gasteiger partial charge in [0.15, 0.2) is 0 Å². The third-order valence-corrected chi connectivity index (χ3v) is 1.62. The Balaban J connectivity index is 3.34. The third kappa shape index (κ3) is 6.09. The van der Waals surface area contributed by atoms with E-state index in [0.717, 1.165) is 12.3 Å². The monoisotopic (exact) mass is 144 g/mol. The van der Waals surface area contributed by atoms with Crippen molar-refractivity contribution in [2.45, 2.75) is 46.6 Å². The molecule has 0 aromatic rings. The molecule has 0 unspecified atom stereocenters. The summed E-state index contributed by atoms with van der Waals surface area (Å²) in [4.78, 5) is 0. The molecule has 0 fully saturated rings. The standard InChI is InChI=1S/C9H20O/c1-7(2)5-8(3)6-9(4)10/h7-10H,5-6H2,1-4H3/t8-,9+/m1/s1. The van der Waals surface area contributed by atoms with Gasteiger partial charge in [-0.2, -0.15) is 0 Å². The molecule has 0 aliphatic heterocycles. The second kappa shape index (κ2) is 4.73. The largest absolute Gasteiger partial charge is 0.393 e. The zero-order valence-electron chi connectivity index (χ0n) is 7.59. The summed E-state index contributed by atoms with van der Waals surface area (Å²) in [5.41, 5.74) is 0. The minimum atomic E-state index is -0.131. The Bertz CT molecular complexity index is 66.8. The molecule has 0 rings (SSSR count). The minimum Gasteiger partial charge on any atom is -0.393 e. The van der Waals surface area contributed by atoms with Gasteiger partial charge in [0.2, 0.25) is 0 Å². The summed E-state index contributed by atoms with van der Waals surface area (Å²) in [7, 11) is 0. The predicted molar refractivity (Wildman–Crippen MR) is 44.9 cm³/mol. The van der Waals surface area contributed by atoms with Gasteiger partial charge in [0, 0.05) is 0 Å². The highest BCUT2D eigenvalue weighted by Crippen LogP contribution is 2.15. The molecule has 0 radical (unpaired) electrons. The second-order valence-corrected chi connectivity index (χ2v) is 3.82. The Morgan fingerprint density at radius 2 is 1.50 bits per heavy atom. The molecule has 0 spiro atoms. The first kappa shape index (κ1) is 9.96. The van der Waals surface area contributed by atoms with Crippen LogP contribution in [0.3, 0.4) is 0 Å². The van der Waals surface area contributed by atoms with Crippen LogP contribution in [0.15, 0.2) is 0 Å². The number of rotatable bonds is 4. The molecule has 1 heteroatoms. The normalized spacial score (nSPS) is 17.4. The summed E-state index contributed by atoms with van der Waals surface area (Å²) >= 11 is 0. The number of aliphatic hydroxyl groups excluding tert-OH is 1. The lowest BCUT2D eigenvalue weighted by Crippen LogP contribution is -2.08. The van der Waals surface area contributed by atoms with Crippen LogP contribution in [-0.4, -0.2) is 11.2 Å². The Morgan fingerprint density at radius 3 is 1.80 bits per heavy atom. The summed E-state index contributed by atoms with van der Waals surface area (Å²) in [5.74, 6) is 1.42. The van der Waals surface area contributed by atoms with Crippen molar-refractivity contribution in [2.24, 2.45) is 11.8 Å². The zero-order valence-corrected chi connectivity index (χ0v) is 7.59. The summed E-state index contributed by atoms with van der Waals surface area (Å²) in [6.07, 6.45) is 2.04. The molecule has 62 valence electrons. The first-order chi connectivity index (χ1) is 4.52. The van der Waals surface area contributed by atoms with Gasteiger partial charge in [0.05, 0.1) is 6.10 Å². The molecule has 10 heavy (non-hydrogen) atoms. The van der Waals surface area contributed by atoms with Gasteiger partial charge in [-0.25, -0.2) is 0 Å². The topological polar surface area (TPSA) is 20.2 Å². The van der Waals surface area contributed by atoms with Crippen LogP contribution < -0.4 is 0 Å². The first-order valence-corrected chi connectivity index (χ1v) is 4.20. The minimum absolute atomic E-state index is 0.131. The molecule has 0 aromatic carbocycles. The van der Waals surface area contributed by atoms with Crippen LogP contribution in [-0.2, 0) is 0 Å². The zero-order chi connectivity index (χ0) is 8.15. The van der Waals surface area contributed by atoms with Crippen LogP contribution in [0.4, 0.5) is 0 Å². The molecule has 0 bridgehead atoms. The molecule has 0 aliphatic rings. The van der Waals surface area contributed by atoms with E-state index in [1.807, 2.05) is 6.92 Å². The van der Waals surface area contributed by atoms with Crippen LogP contribution >= 0.6 is 0 Å². The van der Waals surface area contributed by atoms with E-state index in [1.165, 1.54) is 6.42 Å². The second-order valence-electron chi connectivity index (χ2n) is 3.82. The quantitative estimate of drug-likeness (QED) is 0.642. The lowest BCUT2D eigenvalue weighted by atomic mass is 9.94. The molecule has 0 heterocycles. The predicted octanol–water partition coefficient (Wildman–Crippen LogP) is 2.44. The summed E-state index contributed by atoms with van der Waals surface area (Å²) in [6.45, 7) is 8.50. The van der Waals surface area contributed by atoms with Gasteiger partial charge in [-0.15, -0.1) is 0 Å². The molecule has 0 saturated carbocycles. The Kier molecular flexibility index (Phi) is 4.71. The van der Waals surface area contributed by atoms with Crippen molar-refractivity contribution in [3.05, 3.63) is 0 Å². The molecular formula is C9H20O. The van der Waals surface area contributed by atoms with Gasteiger partial charge in [-0.1, -0.05) is 20.8 Å².